The van der Waals surface area contributed by atoms with Crippen LogP contribution < -0.4 is 10.5 Å². The van der Waals surface area contributed by atoms with Crippen molar-refractivity contribution in [2.45, 2.75) is 0 Å². The third kappa shape index (κ3) is 5.28. The molecule has 0 fully saturated rings. The van der Waals surface area contributed by atoms with Crippen LogP contribution in [-0.4, -0.2) is 18.1 Å². The first-order valence-corrected chi connectivity index (χ1v) is 4.55. The lowest BCUT2D eigenvalue weighted by Gasteiger charge is -2.03. The van der Waals surface area contributed by atoms with E-state index >= 15 is 0 Å². The van der Waals surface area contributed by atoms with Crippen molar-refractivity contribution in [2.75, 3.05) is 13.2 Å². The van der Waals surface area contributed by atoms with Crippen LogP contribution in [0.25, 0.3) is 0 Å². The van der Waals surface area contributed by atoms with E-state index in [1.165, 1.54) is 30.3 Å². The smallest absolute Gasteiger partial charge is 0.269 e. The summed E-state index contributed by atoms with van der Waals surface area (Å²) in [5, 5.41) is 10.3. The molecule has 0 bridgehead atoms. The normalized spacial score (nSPS) is 10.6. The molecule has 1 aromatic carbocycles. The van der Waals surface area contributed by atoms with Gasteiger partial charge in [0.05, 0.1) is 4.92 Å². The van der Waals surface area contributed by atoms with Crippen LogP contribution in [0.5, 0.6) is 5.75 Å². The standard InChI is InChI=1S/C10H11FN2O3.ClH/c11-8(5-6-12)7-16-10-3-1-9(2-4-10)13(14)15;/h1-5H,6-7,12H2;1H. The highest BCUT2D eigenvalue weighted by atomic mass is 35.5. The van der Waals surface area contributed by atoms with Crippen molar-refractivity contribution in [3.05, 3.63) is 46.3 Å². The summed E-state index contributed by atoms with van der Waals surface area (Å²) < 4.78 is 17.9. The number of rotatable bonds is 5. The molecule has 0 unspecified atom stereocenters. The molecule has 0 radical (unpaired) electrons. The fraction of sp³-hybridized carbons (Fsp3) is 0.200. The van der Waals surface area contributed by atoms with Crippen molar-refractivity contribution in [1.82, 2.24) is 0 Å². The molecule has 0 spiro atoms. The average molecular weight is 263 g/mol. The first-order chi connectivity index (χ1) is 7.63. The molecule has 1 rings (SSSR count). The zero-order valence-corrected chi connectivity index (χ0v) is 9.65. The molecule has 0 saturated heterocycles. The Morgan fingerprint density at radius 2 is 2.06 bits per heavy atom. The van der Waals surface area contributed by atoms with Crippen LogP contribution in [0, 0.1) is 10.1 Å². The lowest BCUT2D eigenvalue weighted by atomic mass is 10.3. The summed E-state index contributed by atoms with van der Waals surface area (Å²) in [4.78, 5) is 9.83. The minimum Gasteiger partial charge on any atom is -0.487 e. The molecule has 7 heteroatoms. The third-order valence-electron chi connectivity index (χ3n) is 1.76. The molecule has 94 valence electrons. The minimum atomic E-state index is -0.515. The summed E-state index contributed by atoms with van der Waals surface area (Å²) in [6.45, 7) is -0.121. The molecule has 2 N–H and O–H groups in total. The van der Waals surface area contributed by atoms with Crippen molar-refractivity contribution < 1.29 is 14.1 Å². The number of hydrogen-bond donors (Lipinski definition) is 1. The molecule has 0 amide bonds. The maximum absolute atomic E-state index is 12.8. The van der Waals surface area contributed by atoms with Gasteiger partial charge in [0.25, 0.3) is 5.69 Å². The number of nitro benzene ring substituents is 1. The maximum atomic E-state index is 12.8. The fourth-order valence-corrected chi connectivity index (χ4v) is 1.00. The number of halogens is 2. The lowest BCUT2D eigenvalue weighted by molar-refractivity contribution is -0.384. The predicted octanol–water partition coefficient (Wildman–Crippen LogP) is 2.21. The Balaban J connectivity index is 0.00000256. The van der Waals surface area contributed by atoms with E-state index in [9.17, 15) is 14.5 Å². The van der Waals surface area contributed by atoms with E-state index in [0.717, 1.165) is 0 Å². The monoisotopic (exact) mass is 262 g/mol. The first-order valence-electron chi connectivity index (χ1n) is 4.55. The van der Waals surface area contributed by atoms with Crippen LogP contribution >= 0.6 is 12.4 Å². The zero-order chi connectivity index (χ0) is 12.0. The molecule has 0 aliphatic carbocycles. The number of nitro groups is 1. The van der Waals surface area contributed by atoms with E-state index in [0.29, 0.717) is 5.75 Å². The SMILES string of the molecule is Cl.NCC=C(F)COc1ccc([N+](=O)[O-])cc1. The highest BCUT2D eigenvalue weighted by molar-refractivity contribution is 5.85. The van der Waals surface area contributed by atoms with Crippen molar-refractivity contribution in [1.29, 1.82) is 0 Å². The highest BCUT2D eigenvalue weighted by Crippen LogP contribution is 2.17. The Hall–Kier alpha value is -1.66. The molecular formula is C10H12ClFN2O3. The van der Waals surface area contributed by atoms with E-state index < -0.39 is 10.8 Å². The summed E-state index contributed by atoms with van der Waals surface area (Å²) in [6.07, 6.45) is 1.20. The summed E-state index contributed by atoms with van der Waals surface area (Å²) in [5.74, 6) is -0.105. The van der Waals surface area contributed by atoms with E-state index in [4.69, 9.17) is 10.5 Å². The Bertz CT molecular complexity index is 395. The second-order valence-electron chi connectivity index (χ2n) is 2.93. The van der Waals surface area contributed by atoms with Gasteiger partial charge in [0.2, 0.25) is 0 Å². The van der Waals surface area contributed by atoms with Gasteiger partial charge >= 0.3 is 0 Å². The van der Waals surface area contributed by atoms with Crippen LogP contribution in [0.15, 0.2) is 36.2 Å². The molecule has 0 saturated carbocycles. The van der Waals surface area contributed by atoms with Crippen molar-refractivity contribution in [3.63, 3.8) is 0 Å². The number of ether oxygens (including phenoxy) is 1. The molecular weight excluding hydrogens is 251 g/mol. The topological polar surface area (TPSA) is 78.4 Å². The number of non-ortho nitro benzene ring substituents is 1. The molecule has 0 aromatic heterocycles. The van der Waals surface area contributed by atoms with Gasteiger partial charge in [-0.1, -0.05) is 0 Å². The van der Waals surface area contributed by atoms with Gasteiger partial charge in [0.15, 0.2) is 0 Å². The number of nitrogens with two attached hydrogens (primary N) is 1. The van der Waals surface area contributed by atoms with E-state index in [1.807, 2.05) is 0 Å². The summed E-state index contributed by atoms with van der Waals surface area (Å²) in [6, 6.07) is 5.40. The molecule has 5 nitrogen and oxygen atoms in total. The van der Waals surface area contributed by atoms with Crippen LogP contribution in [0.1, 0.15) is 0 Å². The minimum absolute atomic E-state index is 0. The summed E-state index contributed by atoms with van der Waals surface area (Å²) in [7, 11) is 0. The van der Waals surface area contributed by atoms with E-state index in [2.05, 4.69) is 0 Å². The lowest BCUT2D eigenvalue weighted by Crippen LogP contribution is -2.01. The van der Waals surface area contributed by atoms with Gasteiger partial charge in [-0.25, -0.2) is 4.39 Å². The Kier molecular flexibility index (Phi) is 6.85. The number of hydrogen-bond acceptors (Lipinski definition) is 4. The van der Waals surface area contributed by atoms with Crippen molar-refractivity contribution in [3.8, 4) is 5.75 Å². The molecule has 0 aliphatic rings. The largest absolute Gasteiger partial charge is 0.487 e. The zero-order valence-electron chi connectivity index (χ0n) is 8.84. The predicted molar refractivity (Wildman–Crippen MR) is 64.1 cm³/mol. The number of nitrogens with zero attached hydrogens (tertiary/aromatic N) is 1. The molecule has 0 aliphatic heterocycles. The molecule has 0 atom stereocenters. The third-order valence-corrected chi connectivity index (χ3v) is 1.76. The van der Waals surface area contributed by atoms with Gasteiger partial charge in [0.1, 0.15) is 18.2 Å². The van der Waals surface area contributed by atoms with Gasteiger partial charge in [-0.2, -0.15) is 0 Å². The Morgan fingerprint density at radius 1 is 1.47 bits per heavy atom. The molecule has 17 heavy (non-hydrogen) atoms. The second-order valence-corrected chi connectivity index (χ2v) is 2.93. The highest BCUT2D eigenvalue weighted by Gasteiger charge is 2.04. The van der Waals surface area contributed by atoms with Crippen LogP contribution in [0.3, 0.4) is 0 Å². The van der Waals surface area contributed by atoms with E-state index in [-0.39, 0.29) is 31.2 Å². The Morgan fingerprint density at radius 3 is 2.53 bits per heavy atom. The van der Waals surface area contributed by atoms with Gasteiger partial charge in [-0.15, -0.1) is 12.4 Å². The van der Waals surface area contributed by atoms with Crippen molar-refractivity contribution >= 4 is 18.1 Å². The quantitative estimate of drug-likeness (QED) is 0.652. The van der Waals surface area contributed by atoms with Gasteiger partial charge in [0, 0.05) is 18.7 Å². The summed E-state index contributed by atoms with van der Waals surface area (Å²) in [5.41, 5.74) is 5.07. The average Bonchev–Trinajstić information content (AvgIpc) is 2.27. The fourth-order valence-electron chi connectivity index (χ4n) is 1.00. The maximum Gasteiger partial charge on any atom is 0.269 e. The molecule has 1 aromatic rings. The van der Waals surface area contributed by atoms with Gasteiger partial charge in [-0.05, 0) is 18.2 Å². The number of benzene rings is 1. The van der Waals surface area contributed by atoms with Gasteiger partial charge in [-0.3, -0.25) is 10.1 Å². The first kappa shape index (κ1) is 15.3. The van der Waals surface area contributed by atoms with E-state index in [1.54, 1.807) is 0 Å². The van der Waals surface area contributed by atoms with Gasteiger partial charge < -0.3 is 10.5 Å². The van der Waals surface area contributed by atoms with Crippen LogP contribution in [0.2, 0.25) is 0 Å². The summed E-state index contributed by atoms with van der Waals surface area (Å²) >= 11 is 0. The molecule has 0 heterocycles. The Labute approximate surface area is 104 Å². The van der Waals surface area contributed by atoms with Crippen molar-refractivity contribution in [2.24, 2.45) is 5.73 Å². The van der Waals surface area contributed by atoms with Crippen LogP contribution in [-0.2, 0) is 0 Å². The van der Waals surface area contributed by atoms with Crippen LogP contribution in [0.4, 0.5) is 10.1 Å². The second kappa shape index (κ2) is 7.59.